The zero-order valence-electron chi connectivity index (χ0n) is 12.8. The van der Waals surface area contributed by atoms with Crippen LogP contribution in [-0.2, 0) is 0 Å². The van der Waals surface area contributed by atoms with E-state index in [4.69, 9.17) is 9.47 Å². The maximum atomic E-state index is 12.8. The maximum Gasteiger partial charge on any atom is 0.162 e. The van der Waals surface area contributed by atoms with Crippen LogP contribution < -0.4 is 14.9 Å². The molecule has 0 unspecified atom stereocenters. The number of ether oxygens (including phenoxy) is 2. The number of anilines is 1. The van der Waals surface area contributed by atoms with Gasteiger partial charge in [-0.15, -0.1) is 0 Å². The van der Waals surface area contributed by atoms with Gasteiger partial charge in [0.2, 0.25) is 0 Å². The molecule has 0 amide bonds. The molecule has 4 nitrogen and oxygen atoms in total. The molecule has 0 heterocycles. The fourth-order valence-corrected chi connectivity index (χ4v) is 1.83. The van der Waals surface area contributed by atoms with Crippen LogP contribution in [0.15, 0.2) is 47.6 Å². The van der Waals surface area contributed by atoms with Crippen LogP contribution in [0.4, 0.5) is 10.1 Å². The molecule has 0 aliphatic rings. The van der Waals surface area contributed by atoms with Crippen LogP contribution in [0.2, 0.25) is 0 Å². The molecule has 0 spiro atoms. The lowest BCUT2D eigenvalue weighted by molar-refractivity contribution is 0.230. The van der Waals surface area contributed by atoms with Gasteiger partial charge in [-0.2, -0.15) is 5.10 Å². The minimum Gasteiger partial charge on any atom is -0.493 e. The molecule has 5 heteroatoms. The molecule has 0 atom stereocenters. The van der Waals surface area contributed by atoms with Crippen molar-refractivity contribution < 1.29 is 13.9 Å². The van der Waals surface area contributed by atoms with Gasteiger partial charge in [0, 0.05) is 0 Å². The smallest absolute Gasteiger partial charge is 0.162 e. The predicted molar refractivity (Wildman–Crippen MR) is 86.4 cm³/mol. The fourth-order valence-electron chi connectivity index (χ4n) is 1.83. The first-order chi connectivity index (χ1) is 10.6. The van der Waals surface area contributed by atoms with E-state index in [9.17, 15) is 4.39 Å². The van der Waals surface area contributed by atoms with Gasteiger partial charge in [-0.25, -0.2) is 4.39 Å². The normalized spacial score (nSPS) is 11.0. The topological polar surface area (TPSA) is 42.8 Å². The molecule has 0 aliphatic carbocycles. The molecule has 2 aromatic carbocycles. The third-order valence-electron chi connectivity index (χ3n) is 2.80. The molecule has 1 N–H and O–H groups in total. The highest BCUT2D eigenvalue weighted by Crippen LogP contribution is 2.28. The third-order valence-corrected chi connectivity index (χ3v) is 2.80. The van der Waals surface area contributed by atoms with Crippen molar-refractivity contribution in [1.82, 2.24) is 0 Å². The molecule has 22 heavy (non-hydrogen) atoms. The van der Waals surface area contributed by atoms with Gasteiger partial charge in [0.1, 0.15) is 5.82 Å². The largest absolute Gasteiger partial charge is 0.493 e. The van der Waals surface area contributed by atoms with Crippen molar-refractivity contribution >= 4 is 11.9 Å². The Morgan fingerprint density at radius 3 is 2.45 bits per heavy atom. The fraction of sp³-hybridized carbons (Fsp3) is 0.235. The van der Waals surface area contributed by atoms with Gasteiger partial charge in [-0.3, -0.25) is 5.43 Å². The highest BCUT2D eigenvalue weighted by Gasteiger charge is 2.06. The Bertz CT molecular complexity index is 640. The van der Waals surface area contributed by atoms with Crippen molar-refractivity contribution in [2.45, 2.75) is 20.0 Å². The molecule has 0 aromatic heterocycles. The van der Waals surface area contributed by atoms with E-state index in [0.29, 0.717) is 17.2 Å². The number of rotatable bonds is 6. The van der Waals surface area contributed by atoms with Crippen molar-refractivity contribution in [3.8, 4) is 11.5 Å². The lowest BCUT2D eigenvalue weighted by atomic mass is 10.2. The van der Waals surface area contributed by atoms with E-state index in [1.807, 2.05) is 32.0 Å². The van der Waals surface area contributed by atoms with Crippen molar-refractivity contribution in [3.05, 3.63) is 53.8 Å². The Morgan fingerprint density at radius 1 is 1.09 bits per heavy atom. The first-order valence-corrected chi connectivity index (χ1v) is 6.98. The molecule has 2 aromatic rings. The summed E-state index contributed by atoms with van der Waals surface area (Å²) in [6, 6.07) is 11.6. The van der Waals surface area contributed by atoms with E-state index in [0.717, 1.165) is 5.56 Å². The Labute approximate surface area is 129 Å². The molecule has 2 rings (SSSR count). The highest BCUT2D eigenvalue weighted by atomic mass is 19.1. The molecule has 0 saturated heterocycles. The Morgan fingerprint density at radius 2 is 1.82 bits per heavy atom. The van der Waals surface area contributed by atoms with Crippen LogP contribution in [0.1, 0.15) is 19.4 Å². The van der Waals surface area contributed by atoms with E-state index in [2.05, 4.69) is 10.5 Å². The van der Waals surface area contributed by atoms with Crippen LogP contribution >= 0.6 is 0 Å². The van der Waals surface area contributed by atoms with Crippen LogP contribution in [0.3, 0.4) is 0 Å². The molecular weight excluding hydrogens is 283 g/mol. The van der Waals surface area contributed by atoms with Gasteiger partial charge < -0.3 is 9.47 Å². The second-order valence-electron chi connectivity index (χ2n) is 4.95. The Balaban J connectivity index is 2.08. The standard InChI is InChI=1S/C17H19FN2O2/c1-12(2)22-17-10-13(4-9-16(17)21-3)11-19-20-15-7-5-14(18)6-8-15/h4-12,20H,1-3H3/b19-11+. The summed E-state index contributed by atoms with van der Waals surface area (Å²) >= 11 is 0. The number of nitrogens with one attached hydrogen (secondary N) is 1. The SMILES string of the molecule is COc1ccc(/C=N/Nc2ccc(F)cc2)cc1OC(C)C. The van der Waals surface area contributed by atoms with Crippen molar-refractivity contribution in [3.63, 3.8) is 0 Å². The lowest BCUT2D eigenvalue weighted by Crippen LogP contribution is -2.07. The summed E-state index contributed by atoms with van der Waals surface area (Å²) in [5.74, 6) is 1.07. The van der Waals surface area contributed by atoms with Crippen molar-refractivity contribution in [2.24, 2.45) is 5.10 Å². The maximum absolute atomic E-state index is 12.8. The average molecular weight is 302 g/mol. The molecule has 0 bridgehead atoms. The van der Waals surface area contributed by atoms with Crippen molar-refractivity contribution in [1.29, 1.82) is 0 Å². The van der Waals surface area contributed by atoms with E-state index < -0.39 is 0 Å². The van der Waals surface area contributed by atoms with Gasteiger partial charge >= 0.3 is 0 Å². The Kier molecular flexibility index (Phi) is 5.36. The second-order valence-corrected chi connectivity index (χ2v) is 4.95. The van der Waals surface area contributed by atoms with Gasteiger partial charge in [0.05, 0.1) is 25.1 Å². The zero-order valence-corrected chi connectivity index (χ0v) is 12.8. The first-order valence-electron chi connectivity index (χ1n) is 6.98. The summed E-state index contributed by atoms with van der Waals surface area (Å²) in [6.07, 6.45) is 1.72. The number of methoxy groups -OCH3 is 1. The summed E-state index contributed by atoms with van der Waals surface area (Å²) < 4.78 is 23.8. The monoisotopic (exact) mass is 302 g/mol. The number of hydrazone groups is 1. The third kappa shape index (κ3) is 4.48. The van der Waals surface area contributed by atoms with E-state index >= 15 is 0 Å². The molecular formula is C17H19FN2O2. The van der Waals surface area contributed by atoms with Crippen molar-refractivity contribution in [2.75, 3.05) is 12.5 Å². The van der Waals surface area contributed by atoms with Crippen LogP contribution in [0.5, 0.6) is 11.5 Å². The molecule has 0 aliphatic heterocycles. The molecule has 116 valence electrons. The summed E-state index contributed by atoms with van der Waals surface area (Å²) in [5.41, 5.74) is 4.42. The van der Waals surface area contributed by atoms with Crippen LogP contribution in [0.25, 0.3) is 0 Å². The molecule has 0 fully saturated rings. The summed E-state index contributed by atoms with van der Waals surface area (Å²) in [4.78, 5) is 0. The van der Waals surface area contributed by atoms with Gasteiger partial charge in [-0.1, -0.05) is 0 Å². The van der Waals surface area contributed by atoms with Crippen LogP contribution in [0, 0.1) is 5.82 Å². The van der Waals surface area contributed by atoms with E-state index in [-0.39, 0.29) is 11.9 Å². The lowest BCUT2D eigenvalue weighted by Gasteiger charge is -2.13. The Hall–Kier alpha value is -2.56. The quantitative estimate of drug-likeness (QED) is 0.646. The number of hydrogen-bond donors (Lipinski definition) is 1. The summed E-state index contributed by atoms with van der Waals surface area (Å²) in [7, 11) is 1.60. The summed E-state index contributed by atoms with van der Waals surface area (Å²) in [6.45, 7) is 3.91. The first kappa shape index (κ1) is 15.8. The number of hydrogen-bond acceptors (Lipinski definition) is 4. The minimum atomic E-state index is -0.278. The van der Waals surface area contributed by atoms with E-state index in [1.165, 1.54) is 12.1 Å². The molecule has 0 saturated carbocycles. The summed E-state index contributed by atoms with van der Waals surface area (Å²) in [5, 5.41) is 4.12. The van der Waals surface area contributed by atoms with Gasteiger partial charge in [-0.05, 0) is 61.9 Å². The van der Waals surface area contributed by atoms with Crippen LogP contribution in [-0.4, -0.2) is 19.4 Å². The second kappa shape index (κ2) is 7.45. The van der Waals surface area contributed by atoms with Gasteiger partial charge in [0.15, 0.2) is 11.5 Å². The zero-order chi connectivity index (χ0) is 15.9. The predicted octanol–water partition coefficient (Wildman–Crippen LogP) is 4.07. The minimum absolute atomic E-state index is 0.0541. The number of nitrogens with zero attached hydrogens (tertiary/aromatic N) is 1. The average Bonchev–Trinajstić information content (AvgIpc) is 2.49. The number of benzene rings is 2. The molecule has 0 radical (unpaired) electrons. The highest BCUT2D eigenvalue weighted by molar-refractivity contribution is 5.81. The number of halogens is 1. The van der Waals surface area contributed by atoms with Gasteiger partial charge in [0.25, 0.3) is 0 Å². The van der Waals surface area contributed by atoms with E-state index in [1.54, 1.807) is 25.5 Å².